The van der Waals surface area contributed by atoms with Crippen LogP contribution < -0.4 is 0 Å². The highest BCUT2D eigenvalue weighted by Gasteiger charge is 2.24. The smallest absolute Gasteiger partial charge is 0.149 e. The zero-order valence-corrected chi connectivity index (χ0v) is 33.7. The van der Waals surface area contributed by atoms with E-state index < -0.39 is 6.85 Å². The summed E-state index contributed by atoms with van der Waals surface area (Å²) in [7, 11) is 0. The van der Waals surface area contributed by atoms with Gasteiger partial charge in [0.25, 0.3) is 0 Å². The molecule has 0 aliphatic heterocycles. The average molecular weight is 769 g/mol. The summed E-state index contributed by atoms with van der Waals surface area (Å²) in [5, 5.41) is 12.2. The summed E-state index contributed by atoms with van der Waals surface area (Å²) in [6, 6.07) is 56.9. The molecule has 288 valence electrons. The minimum Gasteiger partial charge on any atom is -0.507 e. The normalized spacial score (nSPS) is 12.5. The fourth-order valence-electron chi connectivity index (χ4n) is 8.07. The molecule has 2 aromatic heterocycles. The van der Waals surface area contributed by atoms with Gasteiger partial charge in [0.1, 0.15) is 11.6 Å². The maximum atomic E-state index is 12.2. The fourth-order valence-corrected chi connectivity index (χ4v) is 8.07. The third-order valence-electron chi connectivity index (χ3n) is 11.2. The van der Waals surface area contributed by atoms with Crippen LogP contribution in [0.2, 0.25) is 0 Å². The molecule has 0 spiro atoms. The van der Waals surface area contributed by atoms with E-state index in [-0.39, 0.29) is 23.1 Å². The number of aromatic hydroxyl groups is 1. The van der Waals surface area contributed by atoms with E-state index in [1.54, 1.807) is 6.07 Å². The summed E-state index contributed by atoms with van der Waals surface area (Å²) in [6.07, 6.45) is 1.86. The highest BCUT2D eigenvalue weighted by atomic mass is 16.3. The predicted molar refractivity (Wildman–Crippen MR) is 246 cm³/mol. The third-order valence-corrected chi connectivity index (χ3v) is 11.2. The van der Waals surface area contributed by atoms with Crippen molar-refractivity contribution in [2.24, 2.45) is 0 Å². The second-order valence-corrected chi connectivity index (χ2v) is 15.8. The number of rotatable bonds is 9. The molecule has 59 heavy (non-hydrogen) atoms. The standard InChI is InChI=1S/C55H47N3O/c1-35(2)42-32-49(36(3)4)54(59)50(33-42)55-57-53-48(22-15-23-52(53)58(55)46-24-25-47(37(5)28-46)40-20-13-8-14-21-40)44-29-43(39-18-11-7-12-19-39)30-45(31-44)51-34-41(26-27-56-51)38-16-9-6-10-17-38/h6-36,59H,1-5H3/i5D3. The lowest BCUT2D eigenvalue weighted by Gasteiger charge is -2.18. The lowest BCUT2D eigenvalue weighted by Crippen LogP contribution is -2.02. The number of nitrogens with zero attached hydrogens (tertiary/aromatic N) is 3. The zero-order chi connectivity index (χ0) is 43.1. The molecule has 2 heterocycles. The van der Waals surface area contributed by atoms with Crippen LogP contribution in [-0.2, 0) is 0 Å². The van der Waals surface area contributed by atoms with Crippen LogP contribution in [0.4, 0.5) is 0 Å². The minimum atomic E-state index is -2.41. The second kappa shape index (κ2) is 15.7. The van der Waals surface area contributed by atoms with Gasteiger partial charge in [-0.25, -0.2) is 4.98 Å². The molecule has 4 nitrogen and oxygen atoms in total. The highest BCUT2D eigenvalue weighted by molar-refractivity contribution is 5.98. The van der Waals surface area contributed by atoms with Crippen molar-refractivity contribution in [3.63, 3.8) is 0 Å². The summed E-state index contributed by atoms with van der Waals surface area (Å²) < 4.78 is 28.1. The Labute approximate surface area is 351 Å². The number of phenolic OH excluding ortho intramolecular Hbond substituents is 1. The van der Waals surface area contributed by atoms with Crippen molar-refractivity contribution in [1.29, 1.82) is 0 Å². The van der Waals surface area contributed by atoms with Gasteiger partial charge >= 0.3 is 0 Å². The molecule has 0 unspecified atom stereocenters. The van der Waals surface area contributed by atoms with E-state index in [0.29, 0.717) is 28.2 Å². The molecule has 9 aromatic rings. The largest absolute Gasteiger partial charge is 0.507 e. The van der Waals surface area contributed by atoms with Crippen LogP contribution in [0, 0.1) is 6.85 Å². The molecule has 0 bridgehead atoms. The van der Waals surface area contributed by atoms with Crippen LogP contribution in [0.25, 0.3) is 83.9 Å². The van der Waals surface area contributed by atoms with Gasteiger partial charge in [0, 0.05) is 27.1 Å². The Bertz CT molecular complexity index is 3060. The first kappa shape index (κ1) is 34.0. The van der Waals surface area contributed by atoms with Gasteiger partial charge in [-0.2, -0.15) is 0 Å². The molecule has 0 saturated carbocycles. The maximum absolute atomic E-state index is 12.2. The van der Waals surface area contributed by atoms with Gasteiger partial charge < -0.3 is 5.11 Å². The van der Waals surface area contributed by atoms with Crippen molar-refractivity contribution in [3.05, 3.63) is 193 Å². The topological polar surface area (TPSA) is 50.9 Å². The van der Waals surface area contributed by atoms with Crippen LogP contribution in [0.3, 0.4) is 0 Å². The molecule has 0 fully saturated rings. The Hall–Kier alpha value is -7.04. The Morgan fingerprint density at radius 3 is 1.86 bits per heavy atom. The molecule has 0 aliphatic carbocycles. The van der Waals surface area contributed by atoms with E-state index in [0.717, 1.165) is 66.8 Å². The van der Waals surface area contributed by atoms with Crippen molar-refractivity contribution < 1.29 is 9.22 Å². The van der Waals surface area contributed by atoms with Crippen molar-refractivity contribution in [2.75, 3.05) is 0 Å². The lowest BCUT2D eigenvalue weighted by atomic mass is 9.91. The SMILES string of the molecule is [2H]C([2H])([2H])c1cc(-n2c(-c3cc(C(C)C)cc(C(C)C)c3O)nc3c(-c4cc(-c5ccccc5)cc(-c5cc(-c6ccccc6)ccn5)c4)cccc32)ccc1-c1ccccc1. The number of para-hydroxylation sites is 1. The van der Waals surface area contributed by atoms with Crippen LogP contribution in [0.1, 0.15) is 60.3 Å². The molecule has 0 atom stereocenters. The average Bonchev–Trinajstić information content (AvgIpc) is 3.69. The van der Waals surface area contributed by atoms with E-state index in [1.165, 1.54) is 0 Å². The van der Waals surface area contributed by atoms with Crippen LogP contribution >= 0.6 is 0 Å². The Morgan fingerprint density at radius 2 is 1.19 bits per heavy atom. The molecule has 0 amide bonds. The quantitative estimate of drug-likeness (QED) is 0.159. The molecular formula is C55H47N3O. The maximum Gasteiger partial charge on any atom is 0.149 e. The monoisotopic (exact) mass is 768 g/mol. The molecule has 1 N–H and O–H groups in total. The van der Waals surface area contributed by atoms with Crippen LogP contribution in [0.15, 0.2) is 176 Å². The molecule has 9 rings (SSSR count). The third kappa shape index (κ3) is 7.23. The summed E-state index contributed by atoms with van der Waals surface area (Å²) in [6.45, 7) is 6.04. The summed E-state index contributed by atoms with van der Waals surface area (Å²) in [5.74, 6) is 0.911. The van der Waals surface area contributed by atoms with Gasteiger partial charge in [-0.05, 0) is 129 Å². The number of imidazole rings is 1. The number of aromatic nitrogens is 3. The molecule has 0 saturated heterocycles. The number of hydrogen-bond acceptors (Lipinski definition) is 3. The number of fused-ring (bicyclic) bond motifs is 1. The van der Waals surface area contributed by atoms with Crippen molar-refractivity contribution in [1.82, 2.24) is 14.5 Å². The first-order valence-electron chi connectivity index (χ1n) is 21.8. The van der Waals surface area contributed by atoms with E-state index in [1.807, 2.05) is 114 Å². The predicted octanol–water partition coefficient (Wildman–Crippen LogP) is 14.7. The minimum absolute atomic E-state index is 0.0429. The summed E-state index contributed by atoms with van der Waals surface area (Å²) >= 11 is 0. The van der Waals surface area contributed by atoms with E-state index >= 15 is 0 Å². The highest BCUT2D eigenvalue weighted by Crippen LogP contribution is 2.43. The van der Waals surface area contributed by atoms with Gasteiger partial charge in [-0.1, -0.05) is 143 Å². The van der Waals surface area contributed by atoms with Crippen molar-refractivity contribution in [3.8, 4) is 78.6 Å². The van der Waals surface area contributed by atoms with Crippen molar-refractivity contribution in [2.45, 2.75) is 46.4 Å². The number of pyridine rings is 1. The van der Waals surface area contributed by atoms with E-state index in [2.05, 4.69) is 88.4 Å². The Kier molecular flexibility index (Phi) is 9.07. The number of benzene rings is 7. The fraction of sp³-hybridized carbons (Fsp3) is 0.127. The Morgan fingerprint density at radius 1 is 0.525 bits per heavy atom. The van der Waals surface area contributed by atoms with Crippen LogP contribution in [0.5, 0.6) is 5.75 Å². The second-order valence-electron chi connectivity index (χ2n) is 15.8. The van der Waals surface area contributed by atoms with Gasteiger partial charge in [0.2, 0.25) is 0 Å². The molecule has 0 aliphatic rings. The van der Waals surface area contributed by atoms with Crippen molar-refractivity contribution >= 4 is 11.0 Å². The Balaban J connectivity index is 1.33. The molecule has 7 aromatic carbocycles. The van der Waals surface area contributed by atoms with E-state index in [4.69, 9.17) is 14.1 Å². The number of hydrogen-bond donors (Lipinski definition) is 1. The van der Waals surface area contributed by atoms with E-state index in [9.17, 15) is 5.11 Å². The molecular weight excluding hydrogens is 719 g/mol. The van der Waals surface area contributed by atoms with Gasteiger partial charge in [-0.15, -0.1) is 0 Å². The first-order valence-corrected chi connectivity index (χ1v) is 20.3. The van der Waals surface area contributed by atoms with Gasteiger partial charge in [0.15, 0.2) is 0 Å². The molecule has 0 radical (unpaired) electrons. The lowest BCUT2D eigenvalue weighted by molar-refractivity contribution is 0.466. The summed E-state index contributed by atoms with van der Waals surface area (Å²) in [5.41, 5.74) is 14.2. The number of aryl methyl sites for hydroxylation is 1. The van der Waals surface area contributed by atoms with Gasteiger partial charge in [0.05, 0.1) is 22.3 Å². The summed E-state index contributed by atoms with van der Waals surface area (Å²) in [4.78, 5) is 10.4. The first-order chi connectivity index (χ1) is 29.9. The zero-order valence-electron chi connectivity index (χ0n) is 36.7. The number of phenols is 1. The van der Waals surface area contributed by atoms with Crippen LogP contribution in [-0.4, -0.2) is 19.6 Å². The van der Waals surface area contributed by atoms with Gasteiger partial charge in [-0.3, -0.25) is 9.55 Å². The molecule has 4 heteroatoms.